The lowest BCUT2D eigenvalue weighted by Crippen LogP contribution is -2.60. The van der Waals surface area contributed by atoms with Crippen LogP contribution in [0.4, 0.5) is 0 Å². The van der Waals surface area contributed by atoms with Gasteiger partial charge in [-0.05, 0) is 106 Å². The summed E-state index contributed by atoms with van der Waals surface area (Å²) in [6, 6.07) is 55.2. The Morgan fingerprint density at radius 2 is 0.904 bits per heavy atom. The molecule has 1 aliphatic rings. The SMILES string of the molecule is Cc1ccc(P(c2ccc(C)cc2)c2ccccc2CNC2CCCCC2(N)Cc2ccccc2P(c2ccc(C)cc2)c2ccc(C)cc2)cc1. The van der Waals surface area contributed by atoms with E-state index in [1.165, 1.54) is 78.0 Å². The molecule has 0 aliphatic heterocycles. The van der Waals surface area contributed by atoms with Gasteiger partial charge in [0, 0.05) is 18.1 Å². The van der Waals surface area contributed by atoms with Crippen LogP contribution in [0, 0.1) is 27.7 Å². The first kappa shape index (κ1) is 36.5. The van der Waals surface area contributed by atoms with Gasteiger partial charge in [-0.15, -0.1) is 0 Å². The number of rotatable bonds is 11. The smallest absolute Gasteiger partial charge is 0.0351 e. The summed E-state index contributed by atoms with van der Waals surface area (Å²) in [5, 5.41) is 12.5. The van der Waals surface area contributed by atoms with Gasteiger partial charge < -0.3 is 11.1 Å². The second-order valence-electron chi connectivity index (χ2n) is 14.9. The molecule has 6 aromatic rings. The highest BCUT2D eigenvalue weighted by Gasteiger charge is 2.38. The highest BCUT2D eigenvalue weighted by atomic mass is 31.1. The number of aryl methyl sites for hydroxylation is 4. The van der Waals surface area contributed by atoms with Crippen LogP contribution in [-0.2, 0) is 13.0 Å². The van der Waals surface area contributed by atoms with Crippen LogP contribution < -0.4 is 42.9 Å². The quantitative estimate of drug-likeness (QED) is 0.132. The van der Waals surface area contributed by atoms with Gasteiger partial charge in [-0.1, -0.05) is 181 Å². The fourth-order valence-corrected chi connectivity index (χ4v) is 12.6. The van der Waals surface area contributed by atoms with Gasteiger partial charge in [0.05, 0.1) is 0 Å². The van der Waals surface area contributed by atoms with Gasteiger partial charge in [-0.2, -0.15) is 0 Å². The molecule has 0 amide bonds. The molecule has 52 heavy (non-hydrogen) atoms. The summed E-state index contributed by atoms with van der Waals surface area (Å²) in [4.78, 5) is 0. The molecular weight excluding hydrogens is 666 g/mol. The van der Waals surface area contributed by atoms with Gasteiger partial charge in [-0.3, -0.25) is 0 Å². The zero-order valence-electron chi connectivity index (χ0n) is 31.1. The molecule has 1 saturated carbocycles. The maximum atomic E-state index is 7.64. The molecule has 0 heterocycles. The summed E-state index contributed by atoms with van der Waals surface area (Å²) in [5.74, 6) is 0. The Balaban J connectivity index is 1.19. The molecule has 264 valence electrons. The molecule has 7 rings (SSSR count). The number of benzene rings is 6. The standard InChI is InChI=1S/C48H52N2P2/c1-35-16-24-41(25-17-35)51(42-26-18-36(2)19-27-42)45-13-7-5-11-39(45)33-48(49)32-10-9-15-47(48)50-34-40-12-6-8-14-46(40)52(43-28-20-37(3)21-29-43)44-30-22-38(4)23-31-44/h5-8,11-14,16-31,47,50H,9-10,15,32-34,49H2,1-4H3. The molecule has 2 unspecified atom stereocenters. The average Bonchev–Trinajstić information content (AvgIpc) is 3.16. The van der Waals surface area contributed by atoms with Crippen molar-refractivity contribution >= 4 is 47.7 Å². The second-order valence-corrected chi connectivity index (χ2v) is 19.2. The summed E-state index contributed by atoms with van der Waals surface area (Å²) in [5.41, 5.74) is 15.2. The fraction of sp³-hybridized carbons (Fsp3) is 0.250. The lowest BCUT2D eigenvalue weighted by atomic mass is 9.74. The van der Waals surface area contributed by atoms with Crippen molar-refractivity contribution in [1.82, 2.24) is 5.32 Å². The molecular formula is C48H52N2P2. The molecule has 4 heteroatoms. The lowest BCUT2D eigenvalue weighted by molar-refractivity contribution is 0.213. The van der Waals surface area contributed by atoms with Gasteiger partial charge >= 0.3 is 0 Å². The second kappa shape index (κ2) is 16.4. The van der Waals surface area contributed by atoms with Gasteiger partial charge in [0.25, 0.3) is 0 Å². The van der Waals surface area contributed by atoms with E-state index in [0.717, 1.165) is 25.8 Å². The van der Waals surface area contributed by atoms with Gasteiger partial charge in [-0.25, -0.2) is 0 Å². The van der Waals surface area contributed by atoms with Gasteiger partial charge in [0.2, 0.25) is 0 Å². The Hall–Kier alpha value is -3.90. The predicted molar refractivity (Wildman–Crippen MR) is 229 cm³/mol. The Kier molecular flexibility index (Phi) is 11.5. The first-order valence-electron chi connectivity index (χ1n) is 18.8. The monoisotopic (exact) mass is 718 g/mol. The van der Waals surface area contributed by atoms with Crippen molar-refractivity contribution in [2.45, 2.75) is 77.9 Å². The topological polar surface area (TPSA) is 38.0 Å². The summed E-state index contributed by atoms with van der Waals surface area (Å²) in [7, 11) is -1.45. The van der Waals surface area contributed by atoms with Gasteiger partial charge in [0.1, 0.15) is 0 Å². The van der Waals surface area contributed by atoms with E-state index < -0.39 is 15.8 Å². The van der Waals surface area contributed by atoms with E-state index in [1.54, 1.807) is 0 Å². The number of hydrogen-bond acceptors (Lipinski definition) is 2. The van der Waals surface area contributed by atoms with Crippen molar-refractivity contribution in [2.24, 2.45) is 5.73 Å². The molecule has 2 nitrogen and oxygen atoms in total. The van der Waals surface area contributed by atoms with E-state index in [1.807, 2.05) is 0 Å². The van der Waals surface area contributed by atoms with Crippen molar-refractivity contribution in [3.8, 4) is 0 Å². The predicted octanol–water partition coefficient (Wildman–Crippen LogP) is 8.41. The zero-order valence-corrected chi connectivity index (χ0v) is 32.9. The molecule has 0 bridgehead atoms. The van der Waals surface area contributed by atoms with E-state index >= 15 is 0 Å². The fourth-order valence-electron chi connectivity index (χ4n) is 7.76. The van der Waals surface area contributed by atoms with E-state index in [0.29, 0.717) is 0 Å². The van der Waals surface area contributed by atoms with Crippen LogP contribution in [0.5, 0.6) is 0 Å². The highest BCUT2D eigenvalue weighted by molar-refractivity contribution is 7.80. The number of hydrogen-bond donors (Lipinski definition) is 2. The first-order valence-corrected chi connectivity index (χ1v) is 21.5. The third-order valence-corrected chi connectivity index (χ3v) is 15.9. The third-order valence-electron chi connectivity index (χ3n) is 10.8. The van der Waals surface area contributed by atoms with Crippen LogP contribution in [0.3, 0.4) is 0 Å². The molecule has 0 radical (unpaired) electrons. The average molecular weight is 719 g/mol. The van der Waals surface area contributed by atoms with Crippen LogP contribution in [0.25, 0.3) is 0 Å². The van der Waals surface area contributed by atoms with E-state index in [-0.39, 0.29) is 11.6 Å². The van der Waals surface area contributed by atoms with Crippen LogP contribution >= 0.6 is 15.8 Å². The van der Waals surface area contributed by atoms with Crippen LogP contribution in [0.15, 0.2) is 146 Å². The number of nitrogens with two attached hydrogens (primary N) is 1. The largest absolute Gasteiger partial charge is 0.323 e. The maximum Gasteiger partial charge on any atom is 0.0351 e. The van der Waals surface area contributed by atoms with Crippen molar-refractivity contribution in [1.29, 1.82) is 0 Å². The Bertz CT molecular complexity index is 1980. The van der Waals surface area contributed by atoms with Crippen molar-refractivity contribution in [2.75, 3.05) is 0 Å². The minimum atomic E-state index is -0.733. The summed E-state index contributed by atoms with van der Waals surface area (Å²) >= 11 is 0. The molecule has 6 aromatic carbocycles. The zero-order chi connectivity index (χ0) is 36.1. The van der Waals surface area contributed by atoms with E-state index in [2.05, 4.69) is 179 Å². The van der Waals surface area contributed by atoms with Crippen LogP contribution in [-0.4, -0.2) is 11.6 Å². The van der Waals surface area contributed by atoms with E-state index in [9.17, 15) is 0 Å². The molecule has 3 N–H and O–H groups in total. The molecule has 0 aromatic heterocycles. The van der Waals surface area contributed by atoms with Crippen LogP contribution in [0.1, 0.15) is 59.1 Å². The number of nitrogens with one attached hydrogen (secondary N) is 1. The Morgan fingerprint density at radius 3 is 1.35 bits per heavy atom. The molecule has 1 aliphatic carbocycles. The van der Waals surface area contributed by atoms with E-state index in [4.69, 9.17) is 5.73 Å². The summed E-state index contributed by atoms with van der Waals surface area (Å²) < 4.78 is 0. The maximum absolute atomic E-state index is 7.64. The molecule has 1 fully saturated rings. The Labute approximate surface area is 314 Å². The lowest BCUT2D eigenvalue weighted by Gasteiger charge is -2.43. The Morgan fingerprint density at radius 1 is 0.519 bits per heavy atom. The van der Waals surface area contributed by atoms with Gasteiger partial charge in [0.15, 0.2) is 0 Å². The minimum Gasteiger partial charge on any atom is -0.323 e. The van der Waals surface area contributed by atoms with Crippen LogP contribution in [0.2, 0.25) is 0 Å². The third kappa shape index (κ3) is 8.33. The van der Waals surface area contributed by atoms with Crippen molar-refractivity contribution in [3.05, 3.63) is 179 Å². The van der Waals surface area contributed by atoms with Crippen molar-refractivity contribution < 1.29 is 0 Å². The molecule has 2 atom stereocenters. The summed E-state index contributed by atoms with van der Waals surface area (Å²) in [6.07, 6.45) is 5.35. The van der Waals surface area contributed by atoms with Crippen molar-refractivity contribution in [3.63, 3.8) is 0 Å². The normalized spacial score (nSPS) is 17.5. The molecule has 0 spiro atoms. The molecule has 0 saturated heterocycles. The highest BCUT2D eigenvalue weighted by Crippen LogP contribution is 2.38. The first-order chi connectivity index (χ1) is 25.3. The minimum absolute atomic E-state index is 0.220. The summed E-state index contributed by atoms with van der Waals surface area (Å²) in [6.45, 7) is 9.49.